The first-order chi connectivity index (χ1) is 16.8. The molecule has 5 rings (SSSR count). The summed E-state index contributed by atoms with van der Waals surface area (Å²) in [6.07, 6.45) is -3.60. The lowest BCUT2D eigenvalue weighted by Gasteiger charge is -2.31. The second-order valence-corrected chi connectivity index (χ2v) is 9.61. The Balaban J connectivity index is 1.16. The Bertz CT molecular complexity index is 1170. The van der Waals surface area contributed by atoms with Crippen molar-refractivity contribution in [3.8, 4) is 0 Å². The number of thiazole rings is 1. The van der Waals surface area contributed by atoms with Gasteiger partial charge in [-0.1, -0.05) is 18.2 Å². The van der Waals surface area contributed by atoms with Gasteiger partial charge in [0.15, 0.2) is 5.69 Å². The molecule has 0 aliphatic carbocycles. The number of aryl methyl sites for hydroxylation is 1. The van der Waals surface area contributed by atoms with Crippen molar-refractivity contribution in [3.05, 3.63) is 68.9 Å². The van der Waals surface area contributed by atoms with E-state index >= 15 is 0 Å². The van der Waals surface area contributed by atoms with Crippen LogP contribution in [0.15, 0.2) is 29.6 Å². The third kappa shape index (κ3) is 5.26. The number of alkyl halides is 3. The quantitative estimate of drug-likeness (QED) is 0.518. The van der Waals surface area contributed by atoms with Crippen LogP contribution in [0, 0.1) is 13.0 Å². The minimum Gasteiger partial charge on any atom is -0.342 e. The molecule has 1 saturated heterocycles. The SMILES string of the molecule is Cc1cc(C(F)(F)F)nn1CC(=O)N1CCC(c2nc(C3OCc4[c]cccc4CO3)cs2)CC1. The third-order valence-electron chi connectivity index (χ3n) is 6.34. The number of fused-ring (bicyclic) bond motifs is 1. The number of ether oxygens (including phenoxy) is 2. The highest BCUT2D eigenvalue weighted by Crippen LogP contribution is 2.34. The molecule has 3 aromatic rings. The van der Waals surface area contributed by atoms with Gasteiger partial charge in [-0.15, -0.1) is 11.3 Å². The molecule has 1 amide bonds. The van der Waals surface area contributed by atoms with E-state index in [0.717, 1.165) is 45.4 Å². The van der Waals surface area contributed by atoms with Crippen LogP contribution in [0.25, 0.3) is 0 Å². The van der Waals surface area contributed by atoms with Crippen molar-refractivity contribution in [1.82, 2.24) is 19.7 Å². The topological polar surface area (TPSA) is 69.5 Å². The van der Waals surface area contributed by atoms with E-state index in [2.05, 4.69) is 11.2 Å². The van der Waals surface area contributed by atoms with Crippen LogP contribution in [0.4, 0.5) is 13.2 Å². The number of halogens is 3. The summed E-state index contributed by atoms with van der Waals surface area (Å²) in [5.74, 6) is -0.0304. The smallest absolute Gasteiger partial charge is 0.342 e. The number of benzene rings is 1. The Morgan fingerprint density at radius 3 is 2.77 bits per heavy atom. The van der Waals surface area contributed by atoms with Crippen molar-refractivity contribution < 1.29 is 27.4 Å². The van der Waals surface area contributed by atoms with Crippen molar-refractivity contribution in [2.75, 3.05) is 13.1 Å². The van der Waals surface area contributed by atoms with Gasteiger partial charge >= 0.3 is 6.18 Å². The molecule has 0 bridgehead atoms. The van der Waals surface area contributed by atoms with Crippen LogP contribution in [0.5, 0.6) is 0 Å². The number of nitrogens with zero attached hydrogens (tertiary/aromatic N) is 4. The van der Waals surface area contributed by atoms with E-state index in [-0.39, 0.29) is 18.4 Å². The minimum atomic E-state index is -4.53. The number of amides is 1. The maximum Gasteiger partial charge on any atom is 0.435 e. The molecular weight excluding hydrogens is 481 g/mol. The molecule has 0 N–H and O–H groups in total. The average Bonchev–Trinajstić information content (AvgIpc) is 3.41. The lowest BCUT2D eigenvalue weighted by Crippen LogP contribution is -2.40. The lowest BCUT2D eigenvalue weighted by atomic mass is 9.97. The molecule has 1 atom stereocenters. The Morgan fingerprint density at radius 1 is 1.26 bits per heavy atom. The molecule has 7 nitrogen and oxygen atoms in total. The highest BCUT2D eigenvalue weighted by molar-refractivity contribution is 7.09. The summed E-state index contributed by atoms with van der Waals surface area (Å²) in [4.78, 5) is 19.2. The van der Waals surface area contributed by atoms with Crippen molar-refractivity contribution >= 4 is 17.2 Å². The van der Waals surface area contributed by atoms with Gasteiger partial charge in [-0.3, -0.25) is 9.48 Å². The Morgan fingerprint density at radius 2 is 2.03 bits per heavy atom. The van der Waals surface area contributed by atoms with Gasteiger partial charge < -0.3 is 14.4 Å². The van der Waals surface area contributed by atoms with Crippen molar-refractivity contribution in [2.24, 2.45) is 0 Å². The first-order valence-electron chi connectivity index (χ1n) is 11.3. The van der Waals surface area contributed by atoms with Gasteiger partial charge in [0.1, 0.15) is 12.2 Å². The van der Waals surface area contributed by atoms with Gasteiger partial charge in [0.2, 0.25) is 12.2 Å². The zero-order valence-electron chi connectivity index (χ0n) is 19.0. The van der Waals surface area contributed by atoms with Gasteiger partial charge in [0.25, 0.3) is 0 Å². The molecule has 1 radical (unpaired) electrons. The van der Waals surface area contributed by atoms with Gasteiger partial charge in [0.05, 0.1) is 18.2 Å². The summed E-state index contributed by atoms with van der Waals surface area (Å²) >= 11 is 1.56. The third-order valence-corrected chi connectivity index (χ3v) is 7.37. The van der Waals surface area contributed by atoms with Crippen LogP contribution in [0.1, 0.15) is 58.3 Å². The Hall–Kier alpha value is -2.76. The predicted octanol–water partition coefficient (Wildman–Crippen LogP) is 4.62. The molecule has 11 heteroatoms. The van der Waals surface area contributed by atoms with Crippen LogP contribution in [0.2, 0.25) is 0 Å². The number of carbonyl (C=O) groups excluding carboxylic acids is 1. The highest BCUT2D eigenvalue weighted by Gasteiger charge is 2.35. The van der Waals surface area contributed by atoms with Crippen LogP contribution in [-0.4, -0.2) is 38.7 Å². The summed E-state index contributed by atoms with van der Waals surface area (Å²) < 4.78 is 51.6. The Labute approximate surface area is 204 Å². The first kappa shape index (κ1) is 24.0. The number of hydrogen-bond acceptors (Lipinski definition) is 6. The van der Waals surface area contributed by atoms with Gasteiger partial charge in [-0.25, -0.2) is 4.98 Å². The Kier molecular flexibility index (Phi) is 6.65. The zero-order valence-corrected chi connectivity index (χ0v) is 19.9. The fourth-order valence-electron chi connectivity index (χ4n) is 4.33. The largest absolute Gasteiger partial charge is 0.435 e. The number of rotatable bonds is 4. The molecular formula is C24H24F3N4O3S. The number of hydrogen-bond donors (Lipinski definition) is 0. The van der Waals surface area contributed by atoms with Crippen LogP contribution < -0.4 is 0 Å². The average molecular weight is 506 g/mol. The molecule has 0 saturated carbocycles. The summed E-state index contributed by atoms with van der Waals surface area (Å²) in [6.45, 7) is 3.20. The summed E-state index contributed by atoms with van der Waals surface area (Å²) in [7, 11) is 0. The molecule has 1 aromatic carbocycles. The molecule has 2 aliphatic rings. The lowest BCUT2D eigenvalue weighted by molar-refractivity contribution is -0.155. The molecule has 1 unspecified atom stereocenters. The second kappa shape index (κ2) is 9.71. The summed E-state index contributed by atoms with van der Waals surface area (Å²) in [5.41, 5.74) is 2.11. The molecule has 4 heterocycles. The van der Waals surface area contributed by atoms with E-state index in [9.17, 15) is 18.0 Å². The molecule has 1 fully saturated rings. The molecule has 185 valence electrons. The minimum absolute atomic E-state index is 0.204. The zero-order chi connectivity index (χ0) is 24.6. The number of aromatic nitrogens is 3. The molecule has 0 spiro atoms. The second-order valence-electron chi connectivity index (χ2n) is 8.72. The van der Waals surface area contributed by atoms with E-state index in [0.29, 0.717) is 32.0 Å². The number of carbonyl (C=O) groups is 1. The fourth-order valence-corrected chi connectivity index (χ4v) is 5.32. The number of piperidine rings is 1. The number of likely N-dealkylation sites (tertiary alicyclic amines) is 1. The maximum atomic E-state index is 12.9. The van der Waals surface area contributed by atoms with E-state index in [1.165, 1.54) is 6.92 Å². The van der Waals surface area contributed by atoms with E-state index < -0.39 is 18.2 Å². The summed E-state index contributed by atoms with van der Waals surface area (Å²) in [5, 5.41) is 6.49. The van der Waals surface area contributed by atoms with E-state index in [4.69, 9.17) is 14.5 Å². The highest BCUT2D eigenvalue weighted by atomic mass is 32.1. The van der Waals surface area contributed by atoms with E-state index in [1.54, 1.807) is 16.2 Å². The van der Waals surface area contributed by atoms with Crippen LogP contribution >= 0.6 is 11.3 Å². The molecule has 2 aromatic heterocycles. The first-order valence-corrected chi connectivity index (χ1v) is 12.2. The summed E-state index contributed by atoms with van der Waals surface area (Å²) in [6, 6.07) is 9.93. The standard InChI is InChI=1S/C24H24F3N4O3S/c1-15-10-20(24(25,26)27)29-31(15)11-21(32)30-8-6-16(7-9-30)22-28-19(14-35-22)23-33-12-17-4-2-3-5-18(17)13-34-23/h2-4,10,14,16,23H,6-9,11-13H2,1H3. The van der Waals surface area contributed by atoms with Crippen molar-refractivity contribution in [1.29, 1.82) is 0 Å². The monoisotopic (exact) mass is 505 g/mol. The van der Waals surface area contributed by atoms with Gasteiger partial charge in [-0.05, 0) is 43.0 Å². The fraction of sp³-hybridized carbons (Fsp3) is 0.458. The predicted molar refractivity (Wildman–Crippen MR) is 120 cm³/mol. The van der Waals surface area contributed by atoms with Crippen LogP contribution in [-0.2, 0) is 40.2 Å². The molecule has 35 heavy (non-hydrogen) atoms. The van der Waals surface area contributed by atoms with Crippen LogP contribution in [0.3, 0.4) is 0 Å². The maximum absolute atomic E-state index is 12.9. The normalized spacial score (nSPS) is 17.9. The van der Waals surface area contributed by atoms with Crippen molar-refractivity contribution in [3.63, 3.8) is 0 Å². The van der Waals surface area contributed by atoms with Gasteiger partial charge in [0, 0.05) is 30.1 Å². The molecule has 2 aliphatic heterocycles. The van der Waals surface area contributed by atoms with Gasteiger partial charge in [-0.2, -0.15) is 18.3 Å². The van der Waals surface area contributed by atoms with Crippen molar-refractivity contribution in [2.45, 2.75) is 57.9 Å². The van der Waals surface area contributed by atoms with E-state index in [1.807, 2.05) is 23.6 Å².